The lowest BCUT2D eigenvalue weighted by Crippen LogP contribution is -2.52. The van der Waals surface area contributed by atoms with Crippen molar-refractivity contribution >= 4 is 27.1 Å². The lowest BCUT2D eigenvalue weighted by molar-refractivity contribution is 0.328. The number of amidine groups is 1. The molecule has 0 amide bonds. The van der Waals surface area contributed by atoms with Crippen molar-refractivity contribution in [2.45, 2.75) is 29.8 Å². The molecule has 1 aliphatic carbocycles. The van der Waals surface area contributed by atoms with Gasteiger partial charge in [0.25, 0.3) is 0 Å². The summed E-state index contributed by atoms with van der Waals surface area (Å²) in [7, 11) is -3.29. The van der Waals surface area contributed by atoms with E-state index in [1.54, 1.807) is 29.3 Å². The molecular weight excluding hydrogens is 352 g/mol. The maximum Gasteiger partial charge on any atom is 0.175 e. The van der Waals surface area contributed by atoms with Gasteiger partial charge in [0.05, 0.1) is 23.6 Å². The fraction of sp³-hybridized carbons (Fsp3) is 0.353. The molecule has 0 bridgehead atoms. The van der Waals surface area contributed by atoms with E-state index in [1.807, 2.05) is 6.08 Å². The van der Waals surface area contributed by atoms with E-state index in [9.17, 15) is 13.7 Å². The van der Waals surface area contributed by atoms with Gasteiger partial charge >= 0.3 is 0 Å². The molecule has 8 nitrogen and oxygen atoms in total. The monoisotopic (exact) mass is 370 g/mol. The third-order valence-corrected chi connectivity index (χ3v) is 5.37. The van der Waals surface area contributed by atoms with Gasteiger partial charge in [0.15, 0.2) is 21.7 Å². The molecule has 2 N–H and O–H groups in total. The minimum atomic E-state index is -3.29. The molecule has 0 radical (unpaired) electrons. The van der Waals surface area contributed by atoms with E-state index in [0.29, 0.717) is 29.9 Å². The maximum absolute atomic E-state index is 11.8. The molecule has 4 rings (SSSR count). The van der Waals surface area contributed by atoms with E-state index in [2.05, 4.69) is 21.8 Å². The van der Waals surface area contributed by atoms with Crippen molar-refractivity contribution in [3.8, 4) is 6.07 Å². The van der Waals surface area contributed by atoms with Gasteiger partial charge in [-0.05, 0) is 31.0 Å². The first-order valence-corrected chi connectivity index (χ1v) is 10.2. The molecule has 1 unspecified atom stereocenters. The molecule has 2 aliphatic heterocycles. The molecule has 2 heterocycles. The second-order valence-electron chi connectivity index (χ2n) is 6.52. The van der Waals surface area contributed by atoms with Crippen LogP contribution in [0.15, 0.2) is 51.0 Å². The first kappa shape index (κ1) is 16.6. The Kier molecular flexibility index (Phi) is 3.92. The minimum Gasteiger partial charge on any atom is -0.341 e. The van der Waals surface area contributed by atoms with E-state index in [4.69, 9.17) is 4.99 Å². The molecule has 1 fully saturated rings. The largest absolute Gasteiger partial charge is 0.341 e. The molecule has 1 saturated carbocycles. The molecular formula is C17H18N6O2S. The highest BCUT2D eigenvalue weighted by molar-refractivity contribution is 7.90. The summed E-state index contributed by atoms with van der Waals surface area (Å²) >= 11 is 0. The summed E-state index contributed by atoms with van der Waals surface area (Å²) < 4.78 is 23.5. The van der Waals surface area contributed by atoms with Gasteiger partial charge in [0.2, 0.25) is 0 Å². The highest BCUT2D eigenvalue weighted by Gasteiger charge is 2.35. The van der Waals surface area contributed by atoms with Gasteiger partial charge in [-0.15, -0.1) is 0 Å². The summed E-state index contributed by atoms with van der Waals surface area (Å²) in [5, 5.41) is 14.2. The average Bonchev–Trinajstić information content (AvgIpc) is 3.31. The number of fused-ring (bicyclic) bond motifs is 1. The summed E-state index contributed by atoms with van der Waals surface area (Å²) in [4.78, 5) is 9.37. The van der Waals surface area contributed by atoms with Crippen LogP contribution in [0.3, 0.4) is 0 Å². The summed E-state index contributed by atoms with van der Waals surface area (Å²) in [5.41, 5.74) is 4.52. The Labute approximate surface area is 151 Å². The highest BCUT2D eigenvalue weighted by Crippen LogP contribution is 2.26. The van der Waals surface area contributed by atoms with Crippen molar-refractivity contribution in [1.29, 1.82) is 5.26 Å². The number of anilines is 1. The number of sulfone groups is 1. The topological polar surface area (TPSA) is 110 Å². The maximum atomic E-state index is 11.8. The van der Waals surface area contributed by atoms with Gasteiger partial charge in [-0.3, -0.25) is 15.4 Å². The lowest BCUT2D eigenvalue weighted by Gasteiger charge is -2.31. The van der Waals surface area contributed by atoms with Crippen LogP contribution < -0.4 is 10.7 Å². The molecule has 0 spiro atoms. The number of hydrogen-bond donors (Lipinski definition) is 2. The zero-order chi connectivity index (χ0) is 18.3. The first-order valence-electron chi connectivity index (χ1n) is 8.31. The Hall–Kier alpha value is -2.86. The van der Waals surface area contributed by atoms with Crippen molar-refractivity contribution < 1.29 is 8.42 Å². The van der Waals surface area contributed by atoms with E-state index in [1.165, 1.54) is 6.26 Å². The van der Waals surface area contributed by atoms with Crippen LogP contribution in [0.2, 0.25) is 0 Å². The second kappa shape index (κ2) is 6.14. The van der Waals surface area contributed by atoms with Crippen molar-refractivity contribution in [3.05, 3.63) is 36.2 Å². The number of benzene rings is 1. The highest BCUT2D eigenvalue weighted by atomic mass is 32.2. The van der Waals surface area contributed by atoms with Crippen LogP contribution in [-0.2, 0) is 9.84 Å². The number of nitrogens with one attached hydrogen (secondary N) is 2. The number of nitriles is 1. The number of hydrazine groups is 1. The Balaban J connectivity index is 1.64. The summed E-state index contributed by atoms with van der Waals surface area (Å²) in [6, 6.07) is 8.74. The van der Waals surface area contributed by atoms with Crippen LogP contribution >= 0.6 is 0 Å². The molecule has 9 heteroatoms. The van der Waals surface area contributed by atoms with E-state index in [0.717, 1.165) is 18.6 Å². The van der Waals surface area contributed by atoms with Crippen LogP contribution in [0.1, 0.15) is 12.8 Å². The Bertz CT molecular complexity index is 985. The van der Waals surface area contributed by atoms with Crippen LogP contribution in [0.4, 0.5) is 5.69 Å². The summed E-state index contributed by atoms with van der Waals surface area (Å²) in [6.07, 6.45) is 5.16. The Morgan fingerprint density at radius 2 is 2.23 bits per heavy atom. The predicted octanol–water partition coefficient (Wildman–Crippen LogP) is 1.07. The van der Waals surface area contributed by atoms with Gasteiger partial charge < -0.3 is 5.32 Å². The normalized spacial score (nSPS) is 23.6. The van der Waals surface area contributed by atoms with Crippen molar-refractivity contribution in [3.63, 3.8) is 0 Å². The quantitative estimate of drug-likeness (QED) is 0.820. The first-order chi connectivity index (χ1) is 12.4. The molecule has 134 valence electrons. The molecule has 1 atom stereocenters. The van der Waals surface area contributed by atoms with Gasteiger partial charge in [0, 0.05) is 18.0 Å². The third kappa shape index (κ3) is 3.28. The van der Waals surface area contributed by atoms with Crippen molar-refractivity contribution in [1.82, 2.24) is 10.4 Å². The van der Waals surface area contributed by atoms with Gasteiger partial charge in [-0.25, -0.2) is 13.4 Å². The minimum absolute atomic E-state index is 0.240. The smallest absolute Gasteiger partial charge is 0.175 e. The fourth-order valence-corrected chi connectivity index (χ4v) is 3.46. The zero-order valence-electron chi connectivity index (χ0n) is 14.2. The number of rotatable bonds is 4. The fourth-order valence-electron chi connectivity index (χ4n) is 2.79. The standard InChI is InChI=1S/C17H18N6O2S/c1-26(24,25)14-4-2-3-12(7-14)21-16-8-15(20-11-5-6-11)17-19-10-13(9-18)23(17)22-16/h2-4,7-8,11,13,21-22H,5-6,10H2,1H3. The second-order valence-corrected chi connectivity index (χ2v) is 8.54. The van der Waals surface area contributed by atoms with Crippen LogP contribution in [0, 0.1) is 11.3 Å². The van der Waals surface area contributed by atoms with Crippen molar-refractivity contribution in [2.24, 2.45) is 9.98 Å². The molecule has 0 saturated heterocycles. The lowest BCUT2D eigenvalue weighted by atomic mass is 10.2. The SMILES string of the molecule is CS(=O)(=O)c1cccc(NC2=CC(=NC3CC3)C3=NCC(C#N)N3N2)c1. The Morgan fingerprint density at radius 3 is 2.92 bits per heavy atom. The molecule has 1 aromatic carbocycles. The van der Waals surface area contributed by atoms with E-state index in [-0.39, 0.29) is 4.90 Å². The molecule has 26 heavy (non-hydrogen) atoms. The van der Waals surface area contributed by atoms with E-state index >= 15 is 0 Å². The van der Waals surface area contributed by atoms with Gasteiger partial charge in [0.1, 0.15) is 11.5 Å². The number of aliphatic imine (C=N–C) groups is 2. The predicted molar refractivity (Wildman–Crippen MR) is 98.4 cm³/mol. The number of nitrogens with zero attached hydrogens (tertiary/aromatic N) is 4. The third-order valence-electron chi connectivity index (χ3n) is 4.26. The summed E-state index contributed by atoms with van der Waals surface area (Å²) in [6.45, 7) is 0.396. The average molecular weight is 370 g/mol. The summed E-state index contributed by atoms with van der Waals surface area (Å²) in [5.74, 6) is 1.30. The Morgan fingerprint density at radius 1 is 1.42 bits per heavy atom. The molecule has 3 aliphatic rings. The van der Waals surface area contributed by atoms with E-state index < -0.39 is 15.9 Å². The van der Waals surface area contributed by atoms with Gasteiger partial charge in [-0.2, -0.15) is 5.26 Å². The van der Waals surface area contributed by atoms with Crippen molar-refractivity contribution in [2.75, 3.05) is 18.1 Å². The van der Waals surface area contributed by atoms with Crippen LogP contribution in [0.5, 0.6) is 0 Å². The van der Waals surface area contributed by atoms with Crippen LogP contribution in [0.25, 0.3) is 0 Å². The number of hydrogen-bond acceptors (Lipinski definition) is 8. The molecule has 1 aromatic rings. The van der Waals surface area contributed by atoms with Gasteiger partial charge in [-0.1, -0.05) is 6.07 Å². The molecule has 0 aromatic heterocycles. The zero-order valence-corrected chi connectivity index (χ0v) is 15.0. The van der Waals surface area contributed by atoms with Crippen LogP contribution in [-0.4, -0.2) is 49.9 Å².